The first-order chi connectivity index (χ1) is 10.6. The van der Waals surface area contributed by atoms with Gasteiger partial charge in [-0.3, -0.25) is 4.79 Å². The standard InChI is InChI=1S/C16H14N2O3S/c19-16-15(10-13-8-4-5-9-14(13)18-16)22(20,21)17-11-12-6-2-1-3-7-12/h1-10,17H,11H2,(H,18,19). The molecule has 0 aliphatic rings. The van der Waals surface area contributed by atoms with E-state index in [2.05, 4.69) is 9.71 Å². The Kier molecular flexibility index (Phi) is 3.79. The van der Waals surface area contributed by atoms with Crippen LogP contribution in [0, 0.1) is 0 Å². The van der Waals surface area contributed by atoms with E-state index in [0.717, 1.165) is 5.56 Å². The van der Waals surface area contributed by atoms with Crippen molar-refractivity contribution in [2.75, 3.05) is 0 Å². The minimum atomic E-state index is -3.87. The summed E-state index contributed by atoms with van der Waals surface area (Å²) in [4.78, 5) is 14.3. The summed E-state index contributed by atoms with van der Waals surface area (Å²) in [5, 5.41) is 0.669. The van der Waals surface area contributed by atoms with Gasteiger partial charge in [0.1, 0.15) is 4.90 Å². The Hall–Kier alpha value is -2.44. The Morgan fingerprint density at radius 1 is 0.955 bits per heavy atom. The maximum Gasteiger partial charge on any atom is 0.268 e. The van der Waals surface area contributed by atoms with Gasteiger partial charge < -0.3 is 4.98 Å². The Labute approximate surface area is 127 Å². The monoisotopic (exact) mass is 314 g/mol. The van der Waals surface area contributed by atoms with Crippen LogP contribution >= 0.6 is 0 Å². The maximum absolute atomic E-state index is 12.3. The average Bonchev–Trinajstić information content (AvgIpc) is 2.53. The first kappa shape index (κ1) is 14.5. The van der Waals surface area contributed by atoms with Gasteiger partial charge in [-0.25, -0.2) is 13.1 Å². The van der Waals surface area contributed by atoms with E-state index in [4.69, 9.17) is 0 Å². The van der Waals surface area contributed by atoms with Gasteiger partial charge in [0.25, 0.3) is 5.56 Å². The third kappa shape index (κ3) is 2.93. The van der Waals surface area contributed by atoms with Crippen LogP contribution in [0.4, 0.5) is 0 Å². The van der Waals surface area contributed by atoms with E-state index < -0.39 is 15.6 Å². The number of rotatable bonds is 4. The SMILES string of the molecule is O=c1[nH]c2ccccc2cc1S(=O)(=O)NCc1ccccc1. The number of para-hydroxylation sites is 1. The molecule has 5 nitrogen and oxygen atoms in total. The summed E-state index contributed by atoms with van der Waals surface area (Å²) in [7, 11) is -3.87. The van der Waals surface area contributed by atoms with Crippen LogP contribution in [-0.2, 0) is 16.6 Å². The number of fused-ring (bicyclic) bond motifs is 1. The molecule has 6 heteroatoms. The second-order valence-corrected chi connectivity index (χ2v) is 6.60. The zero-order chi connectivity index (χ0) is 15.6. The number of hydrogen-bond acceptors (Lipinski definition) is 3. The molecule has 0 fully saturated rings. The van der Waals surface area contributed by atoms with Crippen molar-refractivity contribution >= 4 is 20.9 Å². The number of pyridine rings is 1. The Bertz CT molecular complexity index is 963. The van der Waals surface area contributed by atoms with Crippen molar-refractivity contribution in [3.63, 3.8) is 0 Å². The molecule has 0 saturated carbocycles. The number of aromatic amines is 1. The fourth-order valence-corrected chi connectivity index (χ4v) is 3.27. The number of aromatic nitrogens is 1. The third-order valence-corrected chi connectivity index (χ3v) is 4.72. The largest absolute Gasteiger partial charge is 0.321 e. The van der Waals surface area contributed by atoms with Crippen LogP contribution in [0.1, 0.15) is 5.56 Å². The molecular weight excluding hydrogens is 300 g/mol. The molecule has 0 amide bonds. The van der Waals surface area contributed by atoms with Gasteiger partial charge in [0.05, 0.1) is 0 Å². The molecule has 0 spiro atoms. The van der Waals surface area contributed by atoms with Crippen LogP contribution < -0.4 is 10.3 Å². The van der Waals surface area contributed by atoms with E-state index in [0.29, 0.717) is 10.9 Å². The van der Waals surface area contributed by atoms with E-state index in [1.54, 1.807) is 24.3 Å². The van der Waals surface area contributed by atoms with Gasteiger partial charge in [-0.15, -0.1) is 0 Å². The first-order valence-electron chi connectivity index (χ1n) is 6.72. The van der Waals surface area contributed by atoms with Crippen molar-refractivity contribution in [3.8, 4) is 0 Å². The second kappa shape index (κ2) is 5.75. The van der Waals surface area contributed by atoms with E-state index in [1.165, 1.54) is 6.07 Å². The molecule has 0 aliphatic carbocycles. The van der Waals surface area contributed by atoms with E-state index in [9.17, 15) is 13.2 Å². The average molecular weight is 314 g/mol. The molecule has 2 N–H and O–H groups in total. The molecule has 0 unspecified atom stereocenters. The number of H-pyrrole nitrogens is 1. The van der Waals surface area contributed by atoms with Gasteiger partial charge in [-0.2, -0.15) is 0 Å². The lowest BCUT2D eigenvalue weighted by Crippen LogP contribution is -2.29. The zero-order valence-corrected chi connectivity index (χ0v) is 12.4. The fourth-order valence-electron chi connectivity index (χ4n) is 2.18. The predicted molar refractivity (Wildman–Crippen MR) is 85.0 cm³/mol. The minimum absolute atomic E-state index is 0.134. The Balaban J connectivity index is 1.95. The van der Waals surface area contributed by atoms with Crippen LogP contribution in [-0.4, -0.2) is 13.4 Å². The molecule has 3 aromatic rings. The number of nitrogens with one attached hydrogen (secondary N) is 2. The van der Waals surface area contributed by atoms with Crippen molar-refractivity contribution < 1.29 is 8.42 Å². The highest BCUT2D eigenvalue weighted by atomic mass is 32.2. The van der Waals surface area contributed by atoms with Crippen LogP contribution in [0.2, 0.25) is 0 Å². The van der Waals surface area contributed by atoms with Crippen LogP contribution in [0.15, 0.2) is 70.4 Å². The molecule has 0 radical (unpaired) electrons. The molecule has 0 aliphatic heterocycles. The summed E-state index contributed by atoms with van der Waals surface area (Å²) in [6.07, 6.45) is 0. The molecule has 1 aromatic heterocycles. The van der Waals surface area contributed by atoms with E-state index in [1.807, 2.05) is 30.3 Å². The van der Waals surface area contributed by atoms with Crippen molar-refractivity contribution in [1.82, 2.24) is 9.71 Å². The maximum atomic E-state index is 12.3. The molecule has 112 valence electrons. The summed E-state index contributed by atoms with van der Waals surface area (Å²) >= 11 is 0. The Morgan fingerprint density at radius 3 is 2.41 bits per heavy atom. The van der Waals surface area contributed by atoms with Crippen molar-refractivity contribution in [2.24, 2.45) is 0 Å². The van der Waals surface area contributed by atoms with E-state index in [-0.39, 0.29) is 11.4 Å². The van der Waals surface area contributed by atoms with Crippen molar-refractivity contribution in [3.05, 3.63) is 76.6 Å². The lowest BCUT2D eigenvalue weighted by molar-refractivity contribution is 0.580. The summed E-state index contributed by atoms with van der Waals surface area (Å²) in [5.74, 6) is 0. The molecule has 0 bridgehead atoms. The third-order valence-electron chi connectivity index (χ3n) is 3.32. The zero-order valence-electron chi connectivity index (χ0n) is 11.6. The van der Waals surface area contributed by atoms with Gasteiger partial charge >= 0.3 is 0 Å². The molecular formula is C16H14N2O3S. The molecule has 3 rings (SSSR count). The second-order valence-electron chi connectivity index (χ2n) is 4.86. The predicted octanol–water partition coefficient (Wildman–Crippen LogP) is 2.01. The molecule has 22 heavy (non-hydrogen) atoms. The summed E-state index contributed by atoms with van der Waals surface area (Å²) in [6, 6.07) is 17.6. The van der Waals surface area contributed by atoms with Gasteiger partial charge in [0.15, 0.2) is 0 Å². The van der Waals surface area contributed by atoms with Crippen LogP contribution in [0.3, 0.4) is 0 Å². The van der Waals surface area contributed by atoms with Gasteiger partial charge in [0, 0.05) is 12.1 Å². The Morgan fingerprint density at radius 2 is 1.64 bits per heavy atom. The summed E-state index contributed by atoms with van der Waals surface area (Å²) in [5.41, 5.74) is 0.803. The van der Waals surface area contributed by atoms with Gasteiger partial charge in [0.2, 0.25) is 10.0 Å². The highest BCUT2D eigenvalue weighted by Gasteiger charge is 2.18. The van der Waals surface area contributed by atoms with Crippen LogP contribution in [0.5, 0.6) is 0 Å². The molecule has 2 aromatic carbocycles. The van der Waals surface area contributed by atoms with Gasteiger partial charge in [-0.05, 0) is 23.1 Å². The molecule has 0 saturated heterocycles. The molecule has 0 atom stereocenters. The summed E-state index contributed by atoms with van der Waals surface area (Å²) < 4.78 is 27.1. The number of hydrogen-bond donors (Lipinski definition) is 2. The number of benzene rings is 2. The fraction of sp³-hybridized carbons (Fsp3) is 0.0625. The van der Waals surface area contributed by atoms with Crippen molar-refractivity contribution in [2.45, 2.75) is 11.4 Å². The topological polar surface area (TPSA) is 79.0 Å². The van der Waals surface area contributed by atoms with Crippen LogP contribution in [0.25, 0.3) is 10.9 Å². The lowest BCUT2D eigenvalue weighted by Gasteiger charge is -2.07. The first-order valence-corrected chi connectivity index (χ1v) is 8.20. The summed E-state index contributed by atoms with van der Waals surface area (Å²) in [6.45, 7) is 0.134. The van der Waals surface area contributed by atoms with Crippen molar-refractivity contribution in [1.29, 1.82) is 0 Å². The quantitative estimate of drug-likeness (QED) is 0.773. The highest BCUT2D eigenvalue weighted by molar-refractivity contribution is 7.89. The number of sulfonamides is 1. The highest BCUT2D eigenvalue weighted by Crippen LogP contribution is 2.13. The van der Waals surface area contributed by atoms with Gasteiger partial charge in [-0.1, -0.05) is 48.5 Å². The molecule has 1 heterocycles. The smallest absolute Gasteiger partial charge is 0.268 e. The van der Waals surface area contributed by atoms with E-state index >= 15 is 0 Å². The lowest BCUT2D eigenvalue weighted by atomic mass is 10.2. The minimum Gasteiger partial charge on any atom is -0.321 e. The normalized spacial score (nSPS) is 11.6.